The van der Waals surface area contributed by atoms with Crippen molar-refractivity contribution in [3.8, 4) is 0 Å². The maximum atomic E-state index is 12.2. The molecule has 2 unspecified atom stereocenters. The minimum atomic E-state index is -1.98. The lowest BCUT2D eigenvalue weighted by Gasteiger charge is -2.32. The number of rotatable bonds is 7. The molecule has 0 rings (SSSR count). The van der Waals surface area contributed by atoms with E-state index >= 15 is 0 Å². The van der Waals surface area contributed by atoms with Gasteiger partial charge in [-0.05, 0) is 39.9 Å². The van der Waals surface area contributed by atoms with Crippen LogP contribution in [0.4, 0.5) is 4.79 Å². The Bertz CT molecular complexity index is 395. The molecular weight excluding hydrogens is 306 g/mol. The quantitative estimate of drug-likeness (QED) is 0.177. The van der Waals surface area contributed by atoms with Crippen molar-refractivity contribution in [1.29, 1.82) is 0 Å². The fourth-order valence-corrected chi connectivity index (χ4v) is 2.35. The second-order valence-corrected chi connectivity index (χ2v) is 11.7. The molecule has 0 radical (unpaired) electrons. The lowest BCUT2D eigenvalue weighted by molar-refractivity contribution is -0.181. The van der Waals surface area contributed by atoms with Gasteiger partial charge in [-0.25, -0.2) is 14.2 Å². The van der Waals surface area contributed by atoms with Gasteiger partial charge in [-0.15, -0.1) is 0 Å². The van der Waals surface area contributed by atoms with Crippen LogP contribution in [0, 0.1) is 0 Å². The minimum absolute atomic E-state index is 0.0179. The SMILES string of the molecule is C=C(C)C(=O)OC(C)N(C(=O)OO[Si](C)(C)C)C([SiH3])CC. The normalized spacial score (nSPS) is 14.2. The average molecular weight is 334 g/mol. The standard InChI is InChI=1S/C13H27NO5Si2/c1-8-11(20)14(10(4)17-12(15)9(2)3)13(16)18-19-21(5,6)7/h10-11H,2,8H2,1,3-7,20H3. The molecule has 0 N–H and O–H groups in total. The molecule has 8 heteroatoms. The Hall–Kier alpha value is -1.13. The fraction of sp³-hybridized carbons (Fsp3) is 0.692. The largest absolute Gasteiger partial charge is 0.442 e. The van der Waals surface area contributed by atoms with Gasteiger partial charge < -0.3 is 4.74 Å². The molecule has 2 atom stereocenters. The van der Waals surface area contributed by atoms with Crippen LogP contribution in [0.3, 0.4) is 0 Å². The van der Waals surface area contributed by atoms with E-state index in [-0.39, 0.29) is 11.2 Å². The molecule has 21 heavy (non-hydrogen) atoms. The van der Waals surface area contributed by atoms with Crippen molar-refractivity contribution in [2.75, 3.05) is 0 Å². The molecule has 0 aliphatic heterocycles. The predicted molar refractivity (Wildman–Crippen MR) is 87.1 cm³/mol. The van der Waals surface area contributed by atoms with Gasteiger partial charge in [-0.1, -0.05) is 13.5 Å². The highest BCUT2D eigenvalue weighted by atomic mass is 28.4. The molecule has 0 aromatic carbocycles. The zero-order valence-corrected chi connectivity index (χ0v) is 17.1. The van der Waals surface area contributed by atoms with Crippen molar-refractivity contribution >= 4 is 30.6 Å². The van der Waals surface area contributed by atoms with Crippen LogP contribution in [0.15, 0.2) is 12.2 Å². The van der Waals surface area contributed by atoms with Crippen LogP contribution in [-0.4, -0.2) is 47.4 Å². The van der Waals surface area contributed by atoms with Crippen LogP contribution in [0.25, 0.3) is 0 Å². The lowest BCUT2D eigenvalue weighted by atomic mass is 10.3. The van der Waals surface area contributed by atoms with E-state index in [1.54, 1.807) is 13.8 Å². The first-order chi connectivity index (χ1) is 9.49. The summed E-state index contributed by atoms with van der Waals surface area (Å²) < 4.78 is 10.4. The molecule has 0 spiro atoms. The minimum Gasteiger partial charge on any atom is -0.438 e. The van der Waals surface area contributed by atoms with Crippen LogP contribution < -0.4 is 0 Å². The Morgan fingerprint density at radius 1 is 1.33 bits per heavy atom. The molecule has 0 heterocycles. The summed E-state index contributed by atoms with van der Waals surface area (Å²) in [6, 6.07) is 0. The predicted octanol–water partition coefficient (Wildman–Crippen LogP) is 1.76. The van der Waals surface area contributed by atoms with E-state index in [0.29, 0.717) is 0 Å². The van der Waals surface area contributed by atoms with Gasteiger partial charge in [0.05, 0.1) is 0 Å². The zero-order chi connectivity index (χ0) is 16.8. The highest BCUT2D eigenvalue weighted by Gasteiger charge is 2.30. The van der Waals surface area contributed by atoms with Crippen molar-refractivity contribution < 1.29 is 23.8 Å². The first kappa shape index (κ1) is 19.9. The van der Waals surface area contributed by atoms with E-state index in [9.17, 15) is 9.59 Å². The summed E-state index contributed by atoms with van der Waals surface area (Å²) in [5.41, 5.74) is 0.269. The van der Waals surface area contributed by atoms with E-state index in [0.717, 1.165) is 16.7 Å². The molecular formula is C13H27NO5Si2. The second-order valence-electron chi connectivity index (χ2n) is 5.99. The maximum Gasteiger partial charge on any atom is 0.442 e. The summed E-state index contributed by atoms with van der Waals surface area (Å²) in [5, 5.41) is 0. The summed E-state index contributed by atoms with van der Waals surface area (Å²) in [7, 11) is -1.25. The molecule has 0 saturated heterocycles. The number of hydrogen-bond acceptors (Lipinski definition) is 5. The van der Waals surface area contributed by atoms with Gasteiger partial charge >= 0.3 is 12.1 Å². The monoisotopic (exact) mass is 333 g/mol. The second kappa shape index (κ2) is 8.35. The van der Waals surface area contributed by atoms with Gasteiger partial charge in [0.25, 0.3) is 0 Å². The van der Waals surface area contributed by atoms with E-state index in [1.807, 2.05) is 26.6 Å². The summed E-state index contributed by atoms with van der Waals surface area (Å²) in [4.78, 5) is 30.1. The fourth-order valence-electron chi connectivity index (χ4n) is 1.40. The molecule has 0 saturated carbocycles. The highest BCUT2D eigenvalue weighted by molar-refractivity contribution is 6.69. The summed E-state index contributed by atoms with van der Waals surface area (Å²) in [6.45, 7) is 14.4. The summed E-state index contributed by atoms with van der Waals surface area (Å²) in [5.74, 6) is -0.531. The Labute approximate surface area is 130 Å². The van der Waals surface area contributed by atoms with Crippen LogP contribution >= 0.6 is 0 Å². The molecule has 0 aliphatic carbocycles. The summed E-state index contributed by atoms with van der Waals surface area (Å²) >= 11 is 0. The van der Waals surface area contributed by atoms with Gasteiger partial charge in [-0.2, -0.15) is 0 Å². The Kier molecular flexibility index (Phi) is 7.90. The van der Waals surface area contributed by atoms with E-state index in [2.05, 4.69) is 6.58 Å². The number of ether oxygens (including phenoxy) is 1. The third-order valence-corrected chi connectivity index (χ3v) is 4.61. The van der Waals surface area contributed by atoms with Gasteiger partial charge in [0.2, 0.25) is 8.32 Å². The van der Waals surface area contributed by atoms with Crippen molar-refractivity contribution in [2.24, 2.45) is 0 Å². The van der Waals surface area contributed by atoms with Gasteiger partial charge in [0.15, 0.2) is 6.23 Å². The van der Waals surface area contributed by atoms with Crippen molar-refractivity contribution in [2.45, 2.75) is 58.7 Å². The van der Waals surface area contributed by atoms with Crippen LogP contribution in [0.1, 0.15) is 27.2 Å². The number of hydrogen-bond donors (Lipinski definition) is 0. The van der Waals surface area contributed by atoms with E-state index in [4.69, 9.17) is 14.2 Å². The van der Waals surface area contributed by atoms with Crippen molar-refractivity contribution in [3.05, 3.63) is 12.2 Å². The van der Waals surface area contributed by atoms with Gasteiger partial charge in [-0.3, -0.25) is 9.79 Å². The van der Waals surface area contributed by atoms with Crippen molar-refractivity contribution in [3.63, 3.8) is 0 Å². The molecule has 0 aromatic rings. The molecule has 0 aliphatic rings. The highest BCUT2D eigenvalue weighted by Crippen LogP contribution is 2.14. The average Bonchev–Trinajstić information content (AvgIpc) is 2.35. The Morgan fingerprint density at radius 3 is 2.24 bits per heavy atom. The zero-order valence-electron chi connectivity index (χ0n) is 14.1. The van der Waals surface area contributed by atoms with E-state index < -0.39 is 26.6 Å². The van der Waals surface area contributed by atoms with E-state index in [1.165, 1.54) is 4.90 Å². The number of amides is 1. The van der Waals surface area contributed by atoms with Gasteiger partial charge in [0, 0.05) is 21.5 Å². The Morgan fingerprint density at radius 2 is 1.86 bits per heavy atom. The molecule has 6 nitrogen and oxygen atoms in total. The molecule has 0 fully saturated rings. The number of esters is 1. The maximum absolute atomic E-state index is 12.2. The van der Waals surface area contributed by atoms with Crippen LogP contribution in [0.5, 0.6) is 0 Å². The van der Waals surface area contributed by atoms with Gasteiger partial charge in [0.1, 0.15) is 0 Å². The van der Waals surface area contributed by atoms with Crippen molar-refractivity contribution in [1.82, 2.24) is 4.90 Å². The lowest BCUT2D eigenvalue weighted by Crippen LogP contribution is -2.49. The molecule has 122 valence electrons. The third-order valence-electron chi connectivity index (χ3n) is 2.66. The molecule has 0 aromatic heterocycles. The third kappa shape index (κ3) is 7.44. The number of carbonyl (C=O) groups is 2. The first-order valence-corrected chi connectivity index (χ1v) is 11.6. The topological polar surface area (TPSA) is 65.1 Å². The Balaban J connectivity index is 4.90. The molecule has 1 amide bonds. The first-order valence-electron chi connectivity index (χ1n) is 7.04. The molecule has 0 bridgehead atoms. The van der Waals surface area contributed by atoms with Crippen LogP contribution in [0.2, 0.25) is 19.6 Å². The number of carbonyl (C=O) groups excluding carboxylic acids is 2. The number of nitrogens with zero attached hydrogens (tertiary/aromatic N) is 1. The van der Waals surface area contributed by atoms with Crippen LogP contribution in [-0.2, 0) is 19.0 Å². The summed E-state index contributed by atoms with van der Waals surface area (Å²) in [6.07, 6.45) is -0.598. The smallest absolute Gasteiger partial charge is 0.438 e.